The molecule has 15 heavy (non-hydrogen) atoms. The Morgan fingerprint density at radius 1 is 1.27 bits per heavy atom. The van der Waals surface area contributed by atoms with Crippen LogP contribution in [0.3, 0.4) is 0 Å². The third-order valence-corrected chi connectivity index (χ3v) is 1.12. The zero-order valence-electron chi connectivity index (χ0n) is 9.42. The average molecular weight is 214 g/mol. The van der Waals surface area contributed by atoms with Crippen LogP contribution in [-0.4, -0.2) is 18.4 Å². The first-order valence-electron chi connectivity index (χ1n) is 4.35. The largest absolute Gasteiger partial charge is 0.366 e. The van der Waals surface area contributed by atoms with Crippen LogP contribution >= 0.6 is 0 Å². The van der Waals surface area contributed by atoms with Gasteiger partial charge in [-0.3, -0.25) is 14.4 Å². The van der Waals surface area contributed by atoms with Crippen molar-refractivity contribution < 1.29 is 14.4 Å². The molecule has 0 aliphatic heterocycles. The SMILES string of the molecule is C=C(C)C(=O)NOCC.C=C(C)C(N)=O. The van der Waals surface area contributed by atoms with Crippen molar-refractivity contribution in [1.82, 2.24) is 5.48 Å². The van der Waals surface area contributed by atoms with E-state index in [9.17, 15) is 9.59 Å². The first kappa shape index (κ1) is 15.8. The van der Waals surface area contributed by atoms with E-state index in [2.05, 4.69) is 23.5 Å². The Labute approximate surface area is 89.9 Å². The van der Waals surface area contributed by atoms with Gasteiger partial charge in [0.15, 0.2) is 0 Å². The number of primary amides is 1. The minimum Gasteiger partial charge on any atom is -0.366 e. The number of nitrogens with one attached hydrogen (secondary N) is 1. The van der Waals surface area contributed by atoms with Crippen LogP contribution in [0.15, 0.2) is 24.3 Å². The average Bonchev–Trinajstić information content (AvgIpc) is 2.14. The van der Waals surface area contributed by atoms with Gasteiger partial charge in [0.2, 0.25) is 5.91 Å². The molecule has 0 heterocycles. The molecule has 0 aromatic rings. The molecule has 0 aromatic carbocycles. The van der Waals surface area contributed by atoms with Crippen molar-refractivity contribution in [3.05, 3.63) is 24.3 Å². The van der Waals surface area contributed by atoms with Gasteiger partial charge in [-0.05, 0) is 20.8 Å². The molecule has 0 unspecified atom stereocenters. The van der Waals surface area contributed by atoms with Crippen LogP contribution in [-0.2, 0) is 14.4 Å². The van der Waals surface area contributed by atoms with Crippen molar-refractivity contribution in [3.8, 4) is 0 Å². The molecule has 0 aliphatic carbocycles. The number of nitrogens with two attached hydrogens (primary N) is 1. The molecule has 3 N–H and O–H groups in total. The Bertz CT molecular complexity index is 247. The van der Waals surface area contributed by atoms with E-state index in [0.29, 0.717) is 17.8 Å². The van der Waals surface area contributed by atoms with Crippen LogP contribution in [0, 0.1) is 0 Å². The molecule has 5 heteroatoms. The standard InChI is InChI=1S/C6H11NO2.C4H7NO/c1-4-9-7-6(8)5(2)3;1-3(2)4(5)6/h2,4H2,1,3H3,(H,7,8);1H2,2H3,(H2,5,6). The fourth-order valence-corrected chi connectivity index (χ4v) is 0.225. The minimum absolute atomic E-state index is 0.267. The predicted octanol–water partition coefficient (Wildman–Crippen LogP) is 0.678. The lowest BCUT2D eigenvalue weighted by atomic mass is 10.3. The van der Waals surface area contributed by atoms with Crippen molar-refractivity contribution in [2.75, 3.05) is 6.61 Å². The molecule has 2 amide bonds. The molecule has 0 rings (SSSR count). The Kier molecular flexibility index (Phi) is 9.45. The zero-order valence-corrected chi connectivity index (χ0v) is 9.42. The van der Waals surface area contributed by atoms with Gasteiger partial charge in [0.05, 0.1) is 6.61 Å². The summed E-state index contributed by atoms with van der Waals surface area (Å²) in [5, 5.41) is 0. The maximum atomic E-state index is 10.6. The van der Waals surface area contributed by atoms with Gasteiger partial charge in [0.25, 0.3) is 5.91 Å². The molecule has 0 atom stereocenters. The lowest BCUT2D eigenvalue weighted by molar-refractivity contribution is -0.129. The van der Waals surface area contributed by atoms with Crippen LogP contribution in [0.5, 0.6) is 0 Å². The number of hydrogen-bond acceptors (Lipinski definition) is 3. The molecular weight excluding hydrogens is 196 g/mol. The van der Waals surface area contributed by atoms with Crippen molar-refractivity contribution >= 4 is 11.8 Å². The summed E-state index contributed by atoms with van der Waals surface area (Å²) in [5.74, 6) is -0.702. The number of carbonyl (C=O) groups excluding carboxylic acids is 2. The van der Waals surface area contributed by atoms with Crippen LogP contribution in [0.1, 0.15) is 20.8 Å². The maximum Gasteiger partial charge on any atom is 0.269 e. The van der Waals surface area contributed by atoms with Gasteiger partial charge >= 0.3 is 0 Å². The number of carbonyl (C=O) groups is 2. The second-order valence-corrected chi connectivity index (χ2v) is 2.79. The van der Waals surface area contributed by atoms with E-state index >= 15 is 0 Å². The van der Waals surface area contributed by atoms with Gasteiger partial charge < -0.3 is 5.73 Å². The van der Waals surface area contributed by atoms with Crippen molar-refractivity contribution in [1.29, 1.82) is 0 Å². The van der Waals surface area contributed by atoms with Gasteiger partial charge in [-0.1, -0.05) is 13.2 Å². The highest BCUT2D eigenvalue weighted by Gasteiger charge is 1.97. The number of hydroxylamine groups is 1. The molecular formula is C10H18N2O3. The molecule has 86 valence electrons. The summed E-state index contributed by atoms with van der Waals surface area (Å²) in [7, 11) is 0. The summed E-state index contributed by atoms with van der Waals surface area (Å²) < 4.78 is 0. The van der Waals surface area contributed by atoms with Gasteiger partial charge in [0.1, 0.15) is 0 Å². The van der Waals surface area contributed by atoms with Gasteiger partial charge in [-0.2, -0.15) is 0 Å². The molecule has 0 spiro atoms. The monoisotopic (exact) mass is 214 g/mol. The molecule has 0 aliphatic rings. The van der Waals surface area contributed by atoms with E-state index in [1.54, 1.807) is 20.8 Å². The highest BCUT2D eigenvalue weighted by molar-refractivity contribution is 5.91. The highest BCUT2D eigenvalue weighted by Crippen LogP contribution is 1.84. The predicted molar refractivity (Wildman–Crippen MR) is 58.6 cm³/mol. The molecule has 0 saturated carbocycles. The van der Waals surface area contributed by atoms with Crippen molar-refractivity contribution in [2.45, 2.75) is 20.8 Å². The zero-order chi connectivity index (χ0) is 12.4. The summed E-state index contributed by atoms with van der Waals surface area (Å²) in [6, 6.07) is 0. The quantitative estimate of drug-likeness (QED) is 0.533. The van der Waals surface area contributed by atoms with Crippen LogP contribution < -0.4 is 11.2 Å². The molecule has 0 saturated heterocycles. The lowest BCUT2D eigenvalue weighted by Crippen LogP contribution is -2.23. The van der Waals surface area contributed by atoms with E-state index < -0.39 is 5.91 Å². The second kappa shape index (κ2) is 8.96. The third-order valence-electron chi connectivity index (χ3n) is 1.12. The van der Waals surface area contributed by atoms with E-state index in [4.69, 9.17) is 5.73 Å². The van der Waals surface area contributed by atoms with Gasteiger partial charge in [-0.25, -0.2) is 5.48 Å². The topological polar surface area (TPSA) is 81.4 Å². The van der Waals surface area contributed by atoms with Crippen LogP contribution in [0.2, 0.25) is 0 Å². The van der Waals surface area contributed by atoms with E-state index in [-0.39, 0.29) is 5.91 Å². The number of hydrogen-bond donors (Lipinski definition) is 2. The summed E-state index contributed by atoms with van der Waals surface area (Å²) in [6.45, 7) is 12.1. The fourth-order valence-electron chi connectivity index (χ4n) is 0.225. The first-order chi connectivity index (χ1) is 6.82. The van der Waals surface area contributed by atoms with Crippen LogP contribution in [0.4, 0.5) is 0 Å². The fraction of sp³-hybridized carbons (Fsp3) is 0.400. The Morgan fingerprint density at radius 2 is 1.67 bits per heavy atom. The molecule has 0 aromatic heterocycles. The van der Waals surface area contributed by atoms with Crippen molar-refractivity contribution in [3.63, 3.8) is 0 Å². The Balaban J connectivity index is 0. The van der Waals surface area contributed by atoms with E-state index in [0.717, 1.165) is 0 Å². The highest BCUT2D eigenvalue weighted by atomic mass is 16.6. The lowest BCUT2D eigenvalue weighted by Gasteiger charge is -2.00. The van der Waals surface area contributed by atoms with Crippen LogP contribution in [0.25, 0.3) is 0 Å². The summed E-state index contributed by atoms with van der Waals surface area (Å²) in [5.41, 5.74) is 7.74. The maximum absolute atomic E-state index is 10.6. The Morgan fingerprint density at radius 3 is 1.87 bits per heavy atom. The number of rotatable bonds is 4. The van der Waals surface area contributed by atoms with Gasteiger partial charge in [-0.15, -0.1) is 0 Å². The molecule has 0 radical (unpaired) electrons. The van der Waals surface area contributed by atoms with Gasteiger partial charge in [0, 0.05) is 11.1 Å². The van der Waals surface area contributed by atoms with Crippen molar-refractivity contribution in [2.24, 2.45) is 5.73 Å². The summed E-state index contributed by atoms with van der Waals surface area (Å²) >= 11 is 0. The van der Waals surface area contributed by atoms with E-state index in [1.807, 2.05) is 0 Å². The second-order valence-electron chi connectivity index (χ2n) is 2.79. The smallest absolute Gasteiger partial charge is 0.269 e. The third kappa shape index (κ3) is 12.4. The summed E-state index contributed by atoms with van der Waals surface area (Å²) in [4.78, 5) is 25.0. The number of amides is 2. The minimum atomic E-state index is -0.435. The molecule has 0 bridgehead atoms. The first-order valence-corrected chi connectivity index (χ1v) is 4.35. The molecule has 0 fully saturated rings. The molecule has 5 nitrogen and oxygen atoms in total. The summed E-state index contributed by atoms with van der Waals surface area (Å²) in [6.07, 6.45) is 0. The Hall–Kier alpha value is -1.62. The normalized spacial score (nSPS) is 8.20. The van der Waals surface area contributed by atoms with E-state index in [1.165, 1.54) is 0 Å².